The molecule has 0 bridgehead atoms. The van der Waals surface area contributed by atoms with E-state index in [1.807, 2.05) is 19.1 Å². The second-order valence-corrected chi connectivity index (χ2v) is 5.11. The molecule has 2 nitrogen and oxygen atoms in total. The van der Waals surface area contributed by atoms with Crippen LogP contribution in [-0.2, 0) is 0 Å². The van der Waals surface area contributed by atoms with Crippen LogP contribution in [0.1, 0.15) is 18.5 Å². The van der Waals surface area contributed by atoms with Crippen LogP contribution < -0.4 is 11.1 Å². The second kappa shape index (κ2) is 5.68. The summed E-state index contributed by atoms with van der Waals surface area (Å²) in [5, 5.41) is 3.84. The van der Waals surface area contributed by atoms with Crippen LogP contribution in [0.5, 0.6) is 0 Å². The number of nitrogens with one attached hydrogen (secondary N) is 1. The third-order valence-corrected chi connectivity index (χ3v) is 3.38. The summed E-state index contributed by atoms with van der Waals surface area (Å²) in [6, 6.07) is 10.1. The van der Waals surface area contributed by atoms with Crippen molar-refractivity contribution in [3.8, 4) is 0 Å². The number of hydrogen-bond acceptors (Lipinski definition) is 2. The van der Waals surface area contributed by atoms with Crippen LogP contribution in [0, 0.1) is 5.82 Å². The Balaban J connectivity index is 2.21. The van der Waals surface area contributed by atoms with Gasteiger partial charge >= 0.3 is 0 Å². The lowest BCUT2D eigenvalue weighted by atomic mass is 10.1. The maximum absolute atomic E-state index is 13.4. The Bertz CT molecular complexity index is 585. The average molecular weight is 299 g/mol. The van der Waals surface area contributed by atoms with Crippen LogP contribution >= 0.6 is 23.2 Å². The molecule has 0 aliphatic rings. The standard InChI is InChI=1S/C14H13Cl2FN2/c1-8(9-2-4-10(15)5-3-9)19-14-7-12(17)11(16)6-13(14)18/h2-8,19H,18H2,1H3. The van der Waals surface area contributed by atoms with Crippen molar-refractivity contribution >= 4 is 34.6 Å². The van der Waals surface area contributed by atoms with Crippen molar-refractivity contribution in [3.63, 3.8) is 0 Å². The zero-order chi connectivity index (χ0) is 14.0. The van der Waals surface area contributed by atoms with Gasteiger partial charge in [0, 0.05) is 17.1 Å². The fraction of sp³-hybridized carbons (Fsp3) is 0.143. The quantitative estimate of drug-likeness (QED) is 0.792. The highest BCUT2D eigenvalue weighted by molar-refractivity contribution is 6.31. The molecule has 2 aromatic carbocycles. The predicted octanol–water partition coefficient (Wildman–Crippen LogP) is 4.89. The van der Waals surface area contributed by atoms with Gasteiger partial charge in [0.05, 0.1) is 16.4 Å². The van der Waals surface area contributed by atoms with E-state index in [0.717, 1.165) is 5.56 Å². The third-order valence-electron chi connectivity index (χ3n) is 2.83. The minimum absolute atomic E-state index is 0.0159. The SMILES string of the molecule is CC(Nc1cc(F)c(Cl)cc1N)c1ccc(Cl)cc1. The number of anilines is 2. The van der Waals surface area contributed by atoms with E-state index in [1.165, 1.54) is 12.1 Å². The van der Waals surface area contributed by atoms with Gasteiger partial charge in [0.2, 0.25) is 0 Å². The van der Waals surface area contributed by atoms with Gasteiger partial charge in [-0.15, -0.1) is 0 Å². The highest BCUT2D eigenvalue weighted by Crippen LogP contribution is 2.29. The Kier molecular flexibility index (Phi) is 4.17. The van der Waals surface area contributed by atoms with E-state index in [0.29, 0.717) is 16.4 Å². The van der Waals surface area contributed by atoms with Gasteiger partial charge in [-0.25, -0.2) is 4.39 Å². The number of halogens is 3. The van der Waals surface area contributed by atoms with Crippen molar-refractivity contribution in [1.82, 2.24) is 0 Å². The van der Waals surface area contributed by atoms with Crippen LogP contribution in [-0.4, -0.2) is 0 Å². The molecule has 2 aromatic rings. The molecule has 1 unspecified atom stereocenters. The Morgan fingerprint density at radius 2 is 1.79 bits per heavy atom. The molecule has 0 amide bonds. The molecular formula is C14H13Cl2FN2. The highest BCUT2D eigenvalue weighted by Gasteiger charge is 2.10. The molecule has 0 aliphatic carbocycles. The topological polar surface area (TPSA) is 38.0 Å². The number of nitrogens with two attached hydrogens (primary N) is 1. The lowest BCUT2D eigenvalue weighted by Gasteiger charge is -2.17. The van der Waals surface area contributed by atoms with Gasteiger partial charge in [-0.1, -0.05) is 35.3 Å². The number of rotatable bonds is 3. The van der Waals surface area contributed by atoms with Gasteiger partial charge in [0.1, 0.15) is 5.82 Å². The van der Waals surface area contributed by atoms with E-state index in [4.69, 9.17) is 28.9 Å². The molecule has 19 heavy (non-hydrogen) atoms. The molecule has 0 radical (unpaired) electrons. The number of hydrogen-bond donors (Lipinski definition) is 2. The molecule has 0 saturated heterocycles. The maximum atomic E-state index is 13.4. The van der Waals surface area contributed by atoms with Crippen LogP contribution in [0.3, 0.4) is 0 Å². The van der Waals surface area contributed by atoms with E-state index >= 15 is 0 Å². The van der Waals surface area contributed by atoms with E-state index in [2.05, 4.69) is 5.32 Å². The fourth-order valence-corrected chi connectivity index (χ4v) is 2.05. The first-order chi connectivity index (χ1) is 8.97. The summed E-state index contributed by atoms with van der Waals surface area (Å²) in [6.45, 7) is 1.95. The molecule has 5 heteroatoms. The third kappa shape index (κ3) is 3.31. The molecule has 3 N–H and O–H groups in total. The minimum Gasteiger partial charge on any atom is -0.397 e. The summed E-state index contributed by atoms with van der Waals surface area (Å²) in [6.07, 6.45) is 0. The van der Waals surface area contributed by atoms with Crippen molar-refractivity contribution in [3.05, 3.63) is 57.8 Å². The summed E-state index contributed by atoms with van der Waals surface area (Å²) >= 11 is 11.5. The predicted molar refractivity (Wildman–Crippen MR) is 79.3 cm³/mol. The van der Waals surface area contributed by atoms with Crippen molar-refractivity contribution in [2.75, 3.05) is 11.1 Å². The molecule has 0 aromatic heterocycles. The smallest absolute Gasteiger partial charge is 0.143 e. The second-order valence-electron chi connectivity index (χ2n) is 4.27. The van der Waals surface area contributed by atoms with Gasteiger partial charge in [-0.3, -0.25) is 0 Å². The first-order valence-corrected chi connectivity index (χ1v) is 6.49. The summed E-state index contributed by atoms with van der Waals surface area (Å²) < 4.78 is 13.4. The monoisotopic (exact) mass is 298 g/mol. The summed E-state index contributed by atoms with van der Waals surface area (Å²) in [4.78, 5) is 0. The number of benzene rings is 2. The zero-order valence-electron chi connectivity index (χ0n) is 10.3. The lowest BCUT2D eigenvalue weighted by Crippen LogP contribution is -2.08. The highest BCUT2D eigenvalue weighted by atomic mass is 35.5. The van der Waals surface area contributed by atoms with E-state index in [9.17, 15) is 4.39 Å². The van der Waals surface area contributed by atoms with E-state index < -0.39 is 5.82 Å². The molecule has 0 spiro atoms. The fourth-order valence-electron chi connectivity index (χ4n) is 1.76. The Hall–Kier alpha value is -1.45. The molecule has 0 saturated carbocycles. The van der Waals surface area contributed by atoms with Crippen LogP contribution in [0.2, 0.25) is 10.0 Å². The van der Waals surface area contributed by atoms with Crippen molar-refractivity contribution in [2.45, 2.75) is 13.0 Å². The minimum atomic E-state index is -0.498. The molecule has 100 valence electrons. The van der Waals surface area contributed by atoms with E-state index in [-0.39, 0.29) is 11.1 Å². The Morgan fingerprint density at radius 3 is 2.42 bits per heavy atom. The van der Waals surface area contributed by atoms with Crippen LogP contribution in [0.4, 0.5) is 15.8 Å². The summed E-state index contributed by atoms with van der Waals surface area (Å²) in [5.41, 5.74) is 7.76. The van der Waals surface area contributed by atoms with Crippen molar-refractivity contribution in [2.24, 2.45) is 0 Å². The van der Waals surface area contributed by atoms with Gasteiger partial charge in [0.15, 0.2) is 0 Å². The van der Waals surface area contributed by atoms with Gasteiger partial charge in [-0.2, -0.15) is 0 Å². The van der Waals surface area contributed by atoms with Crippen LogP contribution in [0.15, 0.2) is 36.4 Å². The molecule has 0 aliphatic heterocycles. The summed E-state index contributed by atoms with van der Waals surface area (Å²) in [7, 11) is 0. The largest absolute Gasteiger partial charge is 0.397 e. The Labute approximate surface area is 121 Å². The maximum Gasteiger partial charge on any atom is 0.143 e. The van der Waals surface area contributed by atoms with E-state index in [1.54, 1.807) is 12.1 Å². The van der Waals surface area contributed by atoms with Gasteiger partial charge < -0.3 is 11.1 Å². The van der Waals surface area contributed by atoms with Crippen LogP contribution in [0.25, 0.3) is 0 Å². The molecule has 0 heterocycles. The lowest BCUT2D eigenvalue weighted by molar-refractivity contribution is 0.628. The average Bonchev–Trinajstić information content (AvgIpc) is 2.36. The molecule has 1 atom stereocenters. The first-order valence-electron chi connectivity index (χ1n) is 5.74. The Morgan fingerprint density at radius 1 is 1.16 bits per heavy atom. The van der Waals surface area contributed by atoms with Crippen molar-refractivity contribution < 1.29 is 4.39 Å². The molecule has 0 fully saturated rings. The number of nitrogen functional groups attached to an aromatic ring is 1. The van der Waals surface area contributed by atoms with Gasteiger partial charge in [0.25, 0.3) is 0 Å². The molecular weight excluding hydrogens is 286 g/mol. The first kappa shape index (κ1) is 14.0. The normalized spacial score (nSPS) is 12.2. The van der Waals surface area contributed by atoms with Crippen molar-refractivity contribution in [1.29, 1.82) is 0 Å². The zero-order valence-corrected chi connectivity index (χ0v) is 11.8. The molecule has 2 rings (SSSR count). The van der Waals surface area contributed by atoms with Gasteiger partial charge in [-0.05, 0) is 30.7 Å². The summed E-state index contributed by atoms with van der Waals surface area (Å²) in [5.74, 6) is -0.498.